The lowest BCUT2D eigenvalue weighted by molar-refractivity contribution is -0.169. The van der Waals surface area contributed by atoms with Crippen LogP contribution in [0.15, 0.2) is 24.4 Å². The molecular weight excluding hydrogens is 342 g/mol. The summed E-state index contributed by atoms with van der Waals surface area (Å²) in [6.45, 7) is 4.93. The number of hydrogen-bond acceptors (Lipinski definition) is 7. The van der Waals surface area contributed by atoms with Gasteiger partial charge < -0.3 is 19.7 Å². The molecule has 1 N–H and O–H groups in total. The number of nitrogens with zero attached hydrogens (tertiary/aromatic N) is 4. The number of hydrogen-bond donors (Lipinski definition) is 1. The number of ether oxygens (including phenoxy) is 2. The molecule has 2 fully saturated rings. The summed E-state index contributed by atoms with van der Waals surface area (Å²) in [4.78, 5) is 6.70. The molecule has 25 heavy (non-hydrogen) atoms. The Labute approximate surface area is 151 Å². The van der Waals surface area contributed by atoms with Crippen molar-refractivity contribution in [1.29, 1.82) is 0 Å². The Hall–Kier alpha value is -1.96. The average Bonchev–Trinajstić information content (AvgIpc) is 3.07. The first-order chi connectivity index (χ1) is 12.1. The van der Waals surface area contributed by atoms with E-state index in [9.17, 15) is 0 Å². The lowest BCUT2D eigenvalue weighted by Gasteiger charge is -2.37. The van der Waals surface area contributed by atoms with E-state index in [0.717, 1.165) is 37.2 Å². The number of piperidine rings is 1. The topological polar surface area (TPSA) is 72.4 Å². The lowest BCUT2D eigenvalue weighted by atomic mass is 10.0. The summed E-state index contributed by atoms with van der Waals surface area (Å²) in [7, 11) is 0. The molecule has 2 aliphatic heterocycles. The molecule has 2 saturated heterocycles. The van der Waals surface area contributed by atoms with Crippen LogP contribution in [0.3, 0.4) is 0 Å². The summed E-state index contributed by atoms with van der Waals surface area (Å²) in [6.07, 6.45) is 3.22. The zero-order valence-electron chi connectivity index (χ0n) is 14.0. The maximum Gasteiger partial charge on any atom is 0.247 e. The fourth-order valence-electron chi connectivity index (χ4n) is 3.19. The molecule has 0 aliphatic carbocycles. The van der Waals surface area contributed by atoms with E-state index in [1.807, 2.05) is 25.1 Å². The molecule has 0 atom stereocenters. The monoisotopic (exact) mass is 361 g/mol. The second kappa shape index (κ2) is 6.74. The van der Waals surface area contributed by atoms with E-state index in [1.165, 1.54) is 0 Å². The second-order valence-electron chi connectivity index (χ2n) is 6.32. The summed E-state index contributed by atoms with van der Waals surface area (Å²) in [5.41, 5.74) is 1.99. The minimum Gasteiger partial charge on any atom is -0.347 e. The van der Waals surface area contributed by atoms with E-state index >= 15 is 0 Å². The smallest absolute Gasteiger partial charge is 0.247 e. The Kier molecular flexibility index (Phi) is 4.45. The van der Waals surface area contributed by atoms with E-state index in [1.54, 1.807) is 6.20 Å². The molecule has 4 rings (SSSR count). The van der Waals surface area contributed by atoms with Crippen LogP contribution in [0.1, 0.15) is 18.4 Å². The summed E-state index contributed by atoms with van der Waals surface area (Å²) >= 11 is 6.08. The molecule has 2 aromatic rings. The van der Waals surface area contributed by atoms with Crippen LogP contribution >= 0.6 is 11.6 Å². The molecule has 0 unspecified atom stereocenters. The first-order valence-corrected chi connectivity index (χ1v) is 8.77. The predicted octanol–water partition coefficient (Wildman–Crippen LogP) is 2.92. The van der Waals surface area contributed by atoms with Gasteiger partial charge in [0.1, 0.15) is 0 Å². The van der Waals surface area contributed by atoms with E-state index in [0.29, 0.717) is 30.0 Å². The Morgan fingerprint density at radius 3 is 2.72 bits per heavy atom. The van der Waals surface area contributed by atoms with Gasteiger partial charge in [-0.1, -0.05) is 17.7 Å². The van der Waals surface area contributed by atoms with Crippen LogP contribution in [-0.2, 0) is 9.47 Å². The largest absolute Gasteiger partial charge is 0.347 e. The van der Waals surface area contributed by atoms with Gasteiger partial charge in [-0.3, -0.25) is 0 Å². The van der Waals surface area contributed by atoms with Crippen LogP contribution in [0.2, 0.25) is 5.02 Å². The first kappa shape index (κ1) is 16.5. The van der Waals surface area contributed by atoms with Crippen molar-refractivity contribution >= 4 is 29.1 Å². The zero-order chi connectivity index (χ0) is 17.3. The molecular formula is C17H20ClN5O2. The molecule has 3 heterocycles. The van der Waals surface area contributed by atoms with Gasteiger partial charge in [0.05, 0.1) is 19.4 Å². The van der Waals surface area contributed by atoms with Gasteiger partial charge in [-0.2, -0.15) is 10.1 Å². The third kappa shape index (κ3) is 3.53. The second-order valence-corrected chi connectivity index (χ2v) is 6.76. The molecule has 1 aromatic heterocycles. The average molecular weight is 362 g/mol. The molecule has 7 nitrogen and oxygen atoms in total. The molecule has 2 aliphatic rings. The van der Waals surface area contributed by atoms with Crippen LogP contribution in [0, 0.1) is 6.92 Å². The van der Waals surface area contributed by atoms with E-state index in [-0.39, 0.29) is 0 Å². The number of nitrogens with one attached hydrogen (secondary N) is 1. The molecule has 1 aromatic carbocycles. The Morgan fingerprint density at radius 2 is 1.96 bits per heavy atom. The van der Waals surface area contributed by atoms with Gasteiger partial charge in [-0.15, -0.1) is 5.10 Å². The van der Waals surface area contributed by atoms with Crippen molar-refractivity contribution in [1.82, 2.24) is 15.2 Å². The Bertz CT molecular complexity index is 756. The van der Waals surface area contributed by atoms with Crippen molar-refractivity contribution in [2.45, 2.75) is 25.6 Å². The normalized spacial score (nSPS) is 19.4. The molecule has 0 saturated carbocycles. The van der Waals surface area contributed by atoms with Gasteiger partial charge in [0.2, 0.25) is 5.95 Å². The minimum absolute atomic E-state index is 0.405. The fourth-order valence-corrected chi connectivity index (χ4v) is 3.36. The highest BCUT2D eigenvalue weighted by Crippen LogP contribution is 2.32. The van der Waals surface area contributed by atoms with Crippen molar-refractivity contribution in [2.24, 2.45) is 0 Å². The van der Waals surface area contributed by atoms with E-state index in [2.05, 4.69) is 25.4 Å². The van der Waals surface area contributed by atoms with Crippen LogP contribution in [-0.4, -0.2) is 47.3 Å². The maximum atomic E-state index is 6.08. The van der Waals surface area contributed by atoms with Crippen LogP contribution in [0.25, 0.3) is 0 Å². The van der Waals surface area contributed by atoms with Gasteiger partial charge >= 0.3 is 0 Å². The van der Waals surface area contributed by atoms with Crippen molar-refractivity contribution < 1.29 is 9.47 Å². The highest BCUT2D eigenvalue weighted by Gasteiger charge is 2.40. The molecule has 1 spiro atoms. The number of benzene rings is 1. The standard InChI is InChI=1S/C17H20ClN5O2/c1-12-2-3-13(18)10-14(12)20-15-11-19-22-16(21-15)23-6-4-17(5-7-23)24-8-9-25-17/h2-3,10-11H,4-9H2,1H3,(H,20,21,22). The number of anilines is 3. The van der Waals surface area contributed by atoms with Gasteiger partial charge in [0, 0.05) is 36.6 Å². The van der Waals surface area contributed by atoms with Gasteiger partial charge in [-0.25, -0.2) is 0 Å². The van der Waals surface area contributed by atoms with Crippen molar-refractivity contribution in [2.75, 3.05) is 36.5 Å². The van der Waals surface area contributed by atoms with Gasteiger partial charge in [0.15, 0.2) is 11.6 Å². The summed E-state index contributed by atoms with van der Waals surface area (Å²) < 4.78 is 11.5. The summed E-state index contributed by atoms with van der Waals surface area (Å²) in [6, 6.07) is 5.70. The van der Waals surface area contributed by atoms with Crippen molar-refractivity contribution in [3.8, 4) is 0 Å². The third-order valence-corrected chi connectivity index (χ3v) is 4.87. The molecule has 8 heteroatoms. The van der Waals surface area contributed by atoms with Crippen molar-refractivity contribution in [3.63, 3.8) is 0 Å². The number of halogens is 1. The Balaban J connectivity index is 1.47. The van der Waals surface area contributed by atoms with E-state index in [4.69, 9.17) is 21.1 Å². The first-order valence-electron chi connectivity index (χ1n) is 8.39. The van der Waals surface area contributed by atoms with Gasteiger partial charge in [-0.05, 0) is 24.6 Å². The van der Waals surface area contributed by atoms with Gasteiger partial charge in [0.25, 0.3) is 0 Å². The quantitative estimate of drug-likeness (QED) is 0.901. The molecule has 0 bridgehead atoms. The minimum atomic E-state index is -0.405. The number of aromatic nitrogens is 3. The predicted molar refractivity (Wildman–Crippen MR) is 95.4 cm³/mol. The summed E-state index contributed by atoms with van der Waals surface area (Å²) in [5, 5.41) is 12.2. The molecule has 0 amide bonds. The fraction of sp³-hybridized carbons (Fsp3) is 0.471. The van der Waals surface area contributed by atoms with E-state index < -0.39 is 5.79 Å². The van der Waals surface area contributed by atoms with Crippen LogP contribution in [0.5, 0.6) is 0 Å². The molecule has 132 valence electrons. The molecule has 0 radical (unpaired) electrons. The van der Waals surface area contributed by atoms with Crippen LogP contribution < -0.4 is 10.2 Å². The number of aryl methyl sites for hydroxylation is 1. The number of rotatable bonds is 3. The maximum absolute atomic E-state index is 6.08. The third-order valence-electron chi connectivity index (χ3n) is 4.63. The van der Waals surface area contributed by atoms with Crippen LogP contribution in [0.4, 0.5) is 17.5 Å². The zero-order valence-corrected chi connectivity index (χ0v) is 14.8. The highest BCUT2D eigenvalue weighted by atomic mass is 35.5. The SMILES string of the molecule is Cc1ccc(Cl)cc1Nc1cnnc(N2CCC3(CC2)OCCO3)n1. The Morgan fingerprint density at radius 1 is 1.20 bits per heavy atom. The lowest BCUT2D eigenvalue weighted by Crippen LogP contribution is -2.45. The van der Waals surface area contributed by atoms with Crippen molar-refractivity contribution in [3.05, 3.63) is 35.0 Å². The summed E-state index contributed by atoms with van der Waals surface area (Å²) in [5.74, 6) is 0.846. The highest BCUT2D eigenvalue weighted by molar-refractivity contribution is 6.30.